The molecule has 2 aliphatic rings. The van der Waals surface area contributed by atoms with E-state index in [4.69, 9.17) is 5.73 Å². The van der Waals surface area contributed by atoms with Gasteiger partial charge in [0.1, 0.15) is 11.5 Å². The summed E-state index contributed by atoms with van der Waals surface area (Å²) < 4.78 is 84.8. The average Bonchev–Trinajstić information content (AvgIpc) is 2.93. The van der Waals surface area contributed by atoms with Crippen molar-refractivity contribution in [2.45, 2.75) is 64.8 Å². The SMILES string of the molecule is CC(C)(C)[C@H]1CN(C(c2ccc(OC(F)(F)F)cc2)c2ccc(OC(F)(F)F)cc2)CCN1C(=O)CC1CCN(C(N)=O)CC1. The number of ether oxygens (including phenoxy) is 2. The summed E-state index contributed by atoms with van der Waals surface area (Å²) in [5.41, 5.74) is 6.23. The van der Waals surface area contributed by atoms with Crippen LogP contribution in [0.15, 0.2) is 48.5 Å². The van der Waals surface area contributed by atoms with E-state index in [0.29, 0.717) is 63.1 Å². The number of rotatable bonds is 7. The highest BCUT2D eigenvalue weighted by atomic mass is 19.4. The molecule has 0 unspecified atom stereocenters. The largest absolute Gasteiger partial charge is 0.573 e. The fourth-order valence-corrected chi connectivity index (χ4v) is 6.12. The zero-order valence-electron chi connectivity index (χ0n) is 25.3. The number of alkyl halides is 6. The van der Waals surface area contributed by atoms with Crippen LogP contribution < -0.4 is 15.2 Å². The van der Waals surface area contributed by atoms with Crippen molar-refractivity contribution in [2.24, 2.45) is 17.1 Å². The molecule has 45 heavy (non-hydrogen) atoms. The summed E-state index contributed by atoms with van der Waals surface area (Å²) in [7, 11) is 0. The summed E-state index contributed by atoms with van der Waals surface area (Å²) in [6.07, 6.45) is -8.03. The zero-order chi connectivity index (χ0) is 33.2. The van der Waals surface area contributed by atoms with E-state index in [9.17, 15) is 35.9 Å². The number of hydrogen-bond donors (Lipinski definition) is 1. The maximum atomic E-state index is 13.6. The van der Waals surface area contributed by atoms with E-state index < -0.39 is 36.3 Å². The van der Waals surface area contributed by atoms with Gasteiger partial charge in [0.15, 0.2) is 0 Å². The van der Waals surface area contributed by atoms with Gasteiger partial charge >= 0.3 is 18.8 Å². The number of carbonyl (C=O) groups is 2. The molecule has 0 saturated carbocycles. The number of urea groups is 1. The number of primary amides is 1. The highest BCUT2D eigenvalue weighted by Crippen LogP contribution is 2.37. The summed E-state index contributed by atoms with van der Waals surface area (Å²) in [6, 6.07) is 9.50. The van der Waals surface area contributed by atoms with Gasteiger partial charge in [0.25, 0.3) is 0 Å². The van der Waals surface area contributed by atoms with Crippen LogP contribution in [0.1, 0.15) is 57.2 Å². The minimum atomic E-state index is -4.86. The Morgan fingerprint density at radius 1 is 0.800 bits per heavy atom. The minimum Gasteiger partial charge on any atom is -0.406 e. The number of halogens is 6. The molecule has 3 amide bonds. The molecule has 2 saturated heterocycles. The third kappa shape index (κ3) is 9.41. The van der Waals surface area contributed by atoms with E-state index in [1.54, 1.807) is 4.90 Å². The van der Waals surface area contributed by atoms with Crippen molar-refractivity contribution >= 4 is 11.9 Å². The quantitative estimate of drug-likeness (QED) is 0.357. The van der Waals surface area contributed by atoms with Gasteiger partial charge in [-0.15, -0.1) is 26.3 Å². The predicted octanol–water partition coefficient (Wildman–Crippen LogP) is 6.31. The Hall–Kier alpha value is -3.68. The average molecular weight is 645 g/mol. The first-order chi connectivity index (χ1) is 20.9. The highest BCUT2D eigenvalue weighted by Gasteiger charge is 2.41. The predicted molar refractivity (Wildman–Crippen MR) is 153 cm³/mol. The fourth-order valence-electron chi connectivity index (χ4n) is 6.12. The Morgan fingerprint density at radius 3 is 1.67 bits per heavy atom. The summed E-state index contributed by atoms with van der Waals surface area (Å²) in [4.78, 5) is 30.7. The number of nitrogens with zero attached hydrogens (tertiary/aromatic N) is 3. The molecular weight excluding hydrogens is 606 g/mol. The van der Waals surface area contributed by atoms with Gasteiger partial charge in [-0.05, 0) is 59.6 Å². The molecule has 2 heterocycles. The van der Waals surface area contributed by atoms with Crippen LogP contribution in [0, 0.1) is 11.3 Å². The van der Waals surface area contributed by atoms with Gasteiger partial charge < -0.3 is 25.0 Å². The van der Waals surface area contributed by atoms with Crippen molar-refractivity contribution in [3.63, 3.8) is 0 Å². The van der Waals surface area contributed by atoms with E-state index in [-0.39, 0.29) is 23.3 Å². The molecule has 2 N–H and O–H groups in total. The van der Waals surface area contributed by atoms with E-state index in [0.717, 1.165) is 0 Å². The van der Waals surface area contributed by atoms with Crippen molar-refractivity contribution in [2.75, 3.05) is 32.7 Å². The molecule has 2 fully saturated rings. The number of nitrogens with two attached hydrogens (primary N) is 1. The molecule has 0 radical (unpaired) electrons. The monoisotopic (exact) mass is 644 g/mol. The Morgan fingerprint density at radius 2 is 1.27 bits per heavy atom. The van der Waals surface area contributed by atoms with Gasteiger partial charge in [0, 0.05) is 45.2 Å². The Bertz CT molecular complexity index is 1240. The number of benzene rings is 2. The van der Waals surface area contributed by atoms with Crippen LogP contribution in [0.25, 0.3) is 0 Å². The van der Waals surface area contributed by atoms with Crippen LogP contribution in [0.3, 0.4) is 0 Å². The molecule has 0 spiro atoms. The number of piperidine rings is 1. The maximum Gasteiger partial charge on any atom is 0.573 e. The lowest BCUT2D eigenvalue weighted by molar-refractivity contribution is -0.275. The first-order valence-corrected chi connectivity index (χ1v) is 14.7. The smallest absolute Gasteiger partial charge is 0.406 e. The third-order valence-corrected chi connectivity index (χ3v) is 8.35. The van der Waals surface area contributed by atoms with Gasteiger partial charge in [-0.2, -0.15) is 0 Å². The maximum absolute atomic E-state index is 13.6. The topological polar surface area (TPSA) is 88.3 Å². The van der Waals surface area contributed by atoms with Crippen molar-refractivity contribution < 1.29 is 45.4 Å². The van der Waals surface area contributed by atoms with Crippen LogP contribution in [-0.4, -0.2) is 78.1 Å². The number of likely N-dealkylation sites (tertiary alicyclic amines) is 1. The van der Waals surface area contributed by atoms with E-state index >= 15 is 0 Å². The molecule has 0 bridgehead atoms. The summed E-state index contributed by atoms with van der Waals surface area (Å²) >= 11 is 0. The molecule has 248 valence electrons. The summed E-state index contributed by atoms with van der Waals surface area (Å²) in [5.74, 6) is -0.674. The van der Waals surface area contributed by atoms with Gasteiger partial charge in [-0.25, -0.2) is 4.79 Å². The lowest BCUT2D eigenvalue weighted by Crippen LogP contribution is -2.60. The summed E-state index contributed by atoms with van der Waals surface area (Å²) in [5, 5.41) is 0. The van der Waals surface area contributed by atoms with E-state index in [1.165, 1.54) is 48.5 Å². The zero-order valence-corrected chi connectivity index (χ0v) is 25.3. The molecule has 14 heteroatoms. The molecule has 0 aliphatic carbocycles. The lowest BCUT2D eigenvalue weighted by Gasteiger charge is -2.50. The third-order valence-electron chi connectivity index (χ3n) is 8.35. The number of amides is 3. The Kier molecular flexibility index (Phi) is 10.1. The van der Waals surface area contributed by atoms with Crippen LogP contribution in [0.2, 0.25) is 0 Å². The van der Waals surface area contributed by atoms with E-state index in [1.807, 2.05) is 25.7 Å². The van der Waals surface area contributed by atoms with E-state index in [2.05, 4.69) is 14.4 Å². The molecule has 8 nitrogen and oxygen atoms in total. The van der Waals surface area contributed by atoms with Gasteiger partial charge in [0.2, 0.25) is 5.91 Å². The van der Waals surface area contributed by atoms with Crippen molar-refractivity contribution in [1.29, 1.82) is 0 Å². The standard InChI is InChI=1S/C31H38F6N4O4/c1-29(2,3)25-19-40(16-17-41(25)26(42)18-20-12-14-39(15-13-20)28(38)43)27(21-4-8-23(9-5-21)44-30(32,33)34)22-6-10-24(11-7-22)45-31(35,36)37/h4-11,20,25,27H,12-19H2,1-3H3,(H2,38,43)/t25-/m1/s1. The second kappa shape index (κ2) is 13.4. The molecule has 4 rings (SSSR count). The van der Waals surface area contributed by atoms with Crippen molar-refractivity contribution in [3.05, 3.63) is 59.7 Å². The normalized spacial score (nSPS) is 19.1. The molecule has 2 aliphatic heterocycles. The molecule has 2 aromatic carbocycles. The lowest BCUT2D eigenvalue weighted by atomic mass is 9.82. The molecule has 1 atom stereocenters. The molecular formula is C31H38F6N4O4. The van der Waals surface area contributed by atoms with Gasteiger partial charge in [-0.1, -0.05) is 45.0 Å². The highest BCUT2D eigenvalue weighted by molar-refractivity contribution is 5.77. The fraction of sp³-hybridized carbons (Fsp3) is 0.548. The Balaban J connectivity index is 1.58. The summed E-state index contributed by atoms with van der Waals surface area (Å²) in [6.45, 7) is 8.27. The Labute approximate surface area is 258 Å². The number of piperazine rings is 1. The van der Waals surface area contributed by atoms with Crippen LogP contribution >= 0.6 is 0 Å². The minimum absolute atomic E-state index is 0.00551. The first-order valence-electron chi connectivity index (χ1n) is 14.7. The molecule has 0 aromatic heterocycles. The number of carbonyl (C=O) groups excluding carboxylic acids is 2. The van der Waals surface area contributed by atoms with Crippen LogP contribution in [-0.2, 0) is 4.79 Å². The number of hydrogen-bond acceptors (Lipinski definition) is 5. The second-order valence-electron chi connectivity index (χ2n) is 12.6. The van der Waals surface area contributed by atoms with Crippen molar-refractivity contribution in [3.8, 4) is 11.5 Å². The second-order valence-corrected chi connectivity index (χ2v) is 12.6. The van der Waals surface area contributed by atoms with Crippen molar-refractivity contribution in [1.82, 2.24) is 14.7 Å². The van der Waals surface area contributed by atoms with Crippen LogP contribution in [0.5, 0.6) is 11.5 Å². The van der Waals surface area contributed by atoms with Gasteiger partial charge in [0.05, 0.1) is 6.04 Å². The first kappa shape index (κ1) is 34.2. The van der Waals surface area contributed by atoms with Gasteiger partial charge in [-0.3, -0.25) is 9.69 Å². The molecule has 2 aromatic rings. The van der Waals surface area contributed by atoms with Crippen LogP contribution in [0.4, 0.5) is 31.1 Å².